The molecule has 1 atom stereocenters. The van der Waals surface area contributed by atoms with Gasteiger partial charge in [0.15, 0.2) is 5.82 Å². The van der Waals surface area contributed by atoms with Crippen LogP contribution in [0.25, 0.3) is 0 Å². The molecular formula is C9H18N4O. The Kier molecular flexibility index (Phi) is 4.03. The molecule has 1 aromatic rings. The summed E-state index contributed by atoms with van der Waals surface area (Å²) in [5.41, 5.74) is 5.86. The fourth-order valence-electron chi connectivity index (χ4n) is 0.993. The molecule has 5 nitrogen and oxygen atoms in total. The van der Waals surface area contributed by atoms with Gasteiger partial charge in [-0.1, -0.05) is 19.0 Å². The van der Waals surface area contributed by atoms with Gasteiger partial charge in [-0.05, 0) is 12.8 Å². The molecule has 14 heavy (non-hydrogen) atoms. The summed E-state index contributed by atoms with van der Waals surface area (Å²) in [7, 11) is 0. The van der Waals surface area contributed by atoms with Crippen LogP contribution in [0.1, 0.15) is 25.6 Å². The van der Waals surface area contributed by atoms with Gasteiger partial charge >= 0.3 is 0 Å². The standard InChI is InChI=1S/C9H18N4O/c1-6(2)8(10)4-11-5-9-12-7(3)13-14-9/h6,8,11H,4-5,10H2,1-3H3. The summed E-state index contributed by atoms with van der Waals surface area (Å²) in [6.45, 7) is 7.35. The Balaban J connectivity index is 2.22. The summed E-state index contributed by atoms with van der Waals surface area (Å²) < 4.78 is 4.94. The lowest BCUT2D eigenvalue weighted by molar-refractivity contribution is 0.357. The molecule has 1 rings (SSSR count). The van der Waals surface area contributed by atoms with Crippen LogP contribution in [0.15, 0.2) is 4.52 Å². The van der Waals surface area contributed by atoms with Crippen LogP contribution in [-0.2, 0) is 6.54 Å². The van der Waals surface area contributed by atoms with Crippen LogP contribution in [0.4, 0.5) is 0 Å². The van der Waals surface area contributed by atoms with E-state index in [1.807, 2.05) is 0 Å². The van der Waals surface area contributed by atoms with E-state index in [0.29, 0.717) is 24.2 Å². The molecule has 1 unspecified atom stereocenters. The molecule has 1 heterocycles. The number of nitrogens with one attached hydrogen (secondary N) is 1. The van der Waals surface area contributed by atoms with Gasteiger partial charge in [0, 0.05) is 12.6 Å². The molecule has 80 valence electrons. The Morgan fingerprint density at radius 3 is 2.71 bits per heavy atom. The van der Waals surface area contributed by atoms with E-state index < -0.39 is 0 Å². The number of aryl methyl sites for hydroxylation is 1. The molecule has 0 fully saturated rings. The molecule has 0 radical (unpaired) electrons. The van der Waals surface area contributed by atoms with Gasteiger partial charge in [0.05, 0.1) is 6.54 Å². The predicted molar refractivity (Wildman–Crippen MR) is 53.6 cm³/mol. The van der Waals surface area contributed by atoms with Crippen LogP contribution in [-0.4, -0.2) is 22.7 Å². The zero-order valence-corrected chi connectivity index (χ0v) is 8.95. The first-order valence-electron chi connectivity index (χ1n) is 4.85. The fourth-order valence-corrected chi connectivity index (χ4v) is 0.993. The van der Waals surface area contributed by atoms with Crippen LogP contribution in [0, 0.1) is 12.8 Å². The Bertz CT molecular complexity index is 272. The van der Waals surface area contributed by atoms with Crippen molar-refractivity contribution in [2.24, 2.45) is 11.7 Å². The molecule has 5 heteroatoms. The minimum absolute atomic E-state index is 0.166. The second-order valence-corrected chi connectivity index (χ2v) is 3.77. The van der Waals surface area contributed by atoms with Crippen molar-refractivity contribution in [1.82, 2.24) is 15.5 Å². The zero-order chi connectivity index (χ0) is 10.6. The second kappa shape index (κ2) is 5.07. The molecule has 0 saturated carbocycles. The highest BCUT2D eigenvalue weighted by atomic mass is 16.5. The van der Waals surface area contributed by atoms with Gasteiger partial charge in [-0.2, -0.15) is 4.98 Å². The third kappa shape index (κ3) is 3.43. The van der Waals surface area contributed by atoms with Gasteiger partial charge in [-0.25, -0.2) is 0 Å². The van der Waals surface area contributed by atoms with Gasteiger partial charge in [0.1, 0.15) is 0 Å². The summed E-state index contributed by atoms with van der Waals surface area (Å²) in [6.07, 6.45) is 0. The van der Waals surface area contributed by atoms with E-state index in [-0.39, 0.29) is 6.04 Å². The molecule has 1 aromatic heterocycles. The van der Waals surface area contributed by atoms with Crippen LogP contribution < -0.4 is 11.1 Å². The van der Waals surface area contributed by atoms with Gasteiger partial charge in [-0.3, -0.25) is 0 Å². The molecule has 0 aliphatic rings. The van der Waals surface area contributed by atoms with E-state index >= 15 is 0 Å². The Labute approximate surface area is 84.1 Å². The fraction of sp³-hybridized carbons (Fsp3) is 0.778. The van der Waals surface area contributed by atoms with Gasteiger partial charge in [-0.15, -0.1) is 0 Å². The van der Waals surface area contributed by atoms with E-state index in [1.165, 1.54) is 0 Å². The summed E-state index contributed by atoms with van der Waals surface area (Å²) in [4.78, 5) is 4.07. The van der Waals surface area contributed by atoms with E-state index in [0.717, 1.165) is 6.54 Å². The normalized spacial score (nSPS) is 13.5. The van der Waals surface area contributed by atoms with Crippen LogP contribution in [0.2, 0.25) is 0 Å². The van der Waals surface area contributed by atoms with Crippen molar-refractivity contribution in [3.63, 3.8) is 0 Å². The number of nitrogens with two attached hydrogens (primary N) is 1. The highest BCUT2D eigenvalue weighted by Gasteiger charge is 2.07. The number of rotatable bonds is 5. The molecule has 0 amide bonds. The molecule has 0 aliphatic carbocycles. The highest BCUT2D eigenvalue weighted by molar-refractivity contribution is 4.82. The van der Waals surface area contributed by atoms with Crippen molar-refractivity contribution >= 4 is 0 Å². The Morgan fingerprint density at radius 1 is 1.50 bits per heavy atom. The molecule has 0 saturated heterocycles. The number of hydrogen-bond donors (Lipinski definition) is 2. The first-order chi connectivity index (χ1) is 6.59. The van der Waals surface area contributed by atoms with E-state index in [9.17, 15) is 0 Å². The second-order valence-electron chi connectivity index (χ2n) is 3.77. The maximum absolute atomic E-state index is 5.86. The summed E-state index contributed by atoms with van der Waals surface area (Å²) in [5.74, 6) is 1.75. The van der Waals surface area contributed by atoms with Crippen LogP contribution >= 0.6 is 0 Å². The van der Waals surface area contributed by atoms with Crippen molar-refractivity contribution < 1.29 is 4.52 Å². The van der Waals surface area contributed by atoms with Crippen molar-refractivity contribution in [3.05, 3.63) is 11.7 Å². The summed E-state index contributed by atoms with van der Waals surface area (Å²) >= 11 is 0. The topological polar surface area (TPSA) is 77.0 Å². The van der Waals surface area contributed by atoms with E-state index in [2.05, 4.69) is 29.3 Å². The quantitative estimate of drug-likeness (QED) is 0.718. The van der Waals surface area contributed by atoms with Gasteiger partial charge in [0.2, 0.25) is 5.89 Å². The Morgan fingerprint density at radius 2 is 2.21 bits per heavy atom. The van der Waals surface area contributed by atoms with E-state index in [4.69, 9.17) is 10.3 Å². The van der Waals surface area contributed by atoms with Gasteiger partial charge in [0.25, 0.3) is 0 Å². The van der Waals surface area contributed by atoms with Gasteiger partial charge < -0.3 is 15.6 Å². The van der Waals surface area contributed by atoms with Crippen molar-refractivity contribution in [3.8, 4) is 0 Å². The monoisotopic (exact) mass is 198 g/mol. The highest BCUT2D eigenvalue weighted by Crippen LogP contribution is 1.98. The first kappa shape index (κ1) is 11.1. The van der Waals surface area contributed by atoms with Crippen molar-refractivity contribution in [2.45, 2.75) is 33.4 Å². The third-order valence-corrected chi connectivity index (χ3v) is 2.08. The smallest absolute Gasteiger partial charge is 0.240 e. The molecule has 0 aromatic carbocycles. The van der Waals surface area contributed by atoms with Crippen molar-refractivity contribution in [2.75, 3.05) is 6.54 Å². The minimum atomic E-state index is 0.166. The summed E-state index contributed by atoms with van der Waals surface area (Å²) in [5, 5.41) is 6.87. The largest absolute Gasteiger partial charge is 0.338 e. The van der Waals surface area contributed by atoms with Crippen molar-refractivity contribution in [1.29, 1.82) is 0 Å². The molecule has 0 spiro atoms. The molecule has 0 aliphatic heterocycles. The number of aromatic nitrogens is 2. The van der Waals surface area contributed by atoms with Crippen LogP contribution in [0.5, 0.6) is 0 Å². The lowest BCUT2D eigenvalue weighted by Crippen LogP contribution is -2.37. The predicted octanol–water partition coefficient (Wildman–Crippen LogP) is 0.451. The Hall–Kier alpha value is -0.940. The third-order valence-electron chi connectivity index (χ3n) is 2.08. The average Bonchev–Trinajstić information content (AvgIpc) is 2.51. The zero-order valence-electron chi connectivity index (χ0n) is 8.95. The average molecular weight is 198 g/mol. The number of nitrogens with zero attached hydrogens (tertiary/aromatic N) is 2. The maximum Gasteiger partial charge on any atom is 0.240 e. The lowest BCUT2D eigenvalue weighted by atomic mass is 10.1. The first-order valence-corrected chi connectivity index (χ1v) is 4.85. The summed E-state index contributed by atoms with van der Waals surface area (Å²) in [6, 6.07) is 0.166. The minimum Gasteiger partial charge on any atom is -0.338 e. The lowest BCUT2D eigenvalue weighted by Gasteiger charge is -2.15. The maximum atomic E-state index is 5.86. The van der Waals surface area contributed by atoms with E-state index in [1.54, 1.807) is 6.92 Å². The molecular weight excluding hydrogens is 180 g/mol. The SMILES string of the molecule is Cc1noc(CNCC(N)C(C)C)n1. The number of hydrogen-bond acceptors (Lipinski definition) is 5. The molecule has 3 N–H and O–H groups in total. The van der Waals surface area contributed by atoms with Crippen LogP contribution in [0.3, 0.4) is 0 Å². The molecule has 0 bridgehead atoms.